The van der Waals surface area contributed by atoms with Crippen molar-refractivity contribution >= 4 is 11.6 Å². The number of hydrogen-bond donors (Lipinski definition) is 0. The zero-order valence-electron chi connectivity index (χ0n) is 13.9. The lowest BCUT2D eigenvalue weighted by Crippen LogP contribution is -1.91. The number of rotatable bonds is 7. The molecule has 118 valence electrons. The van der Waals surface area contributed by atoms with E-state index in [1.165, 1.54) is 24.8 Å². The van der Waals surface area contributed by atoms with Crippen LogP contribution in [0.15, 0.2) is 48.5 Å². The Morgan fingerprint density at radius 1 is 1.09 bits per heavy atom. The molecule has 0 unspecified atom stereocenters. The van der Waals surface area contributed by atoms with E-state index in [1.807, 2.05) is 36.4 Å². The van der Waals surface area contributed by atoms with Gasteiger partial charge in [-0.3, -0.25) is 0 Å². The molecule has 2 rings (SSSR count). The van der Waals surface area contributed by atoms with Crippen LogP contribution >= 0.6 is 0 Å². The van der Waals surface area contributed by atoms with Crippen molar-refractivity contribution in [2.45, 2.75) is 32.6 Å². The molecule has 0 N–H and O–H groups in total. The molecule has 2 aromatic rings. The van der Waals surface area contributed by atoms with Gasteiger partial charge in [0.1, 0.15) is 5.75 Å². The Morgan fingerprint density at radius 3 is 2.48 bits per heavy atom. The van der Waals surface area contributed by atoms with Gasteiger partial charge in [-0.25, -0.2) is 0 Å². The number of unbranched alkanes of at least 4 members (excludes halogenated alkanes) is 2. The molecule has 0 saturated heterocycles. The van der Waals surface area contributed by atoms with Gasteiger partial charge in [0, 0.05) is 0 Å². The molecule has 2 aromatic carbocycles. The maximum absolute atomic E-state index is 9.52. The van der Waals surface area contributed by atoms with Gasteiger partial charge in [0.2, 0.25) is 0 Å². The fourth-order valence-corrected chi connectivity index (χ4v) is 2.57. The third kappa shape index (κ3) is 4.72. The molecule has 2 nitrogen and oxygen atoms in total. The van der Waals surface area contributed by atoms with Crippen LogP contribution in [0.1, 0.15) is 42.9 Å². The number of nitriles is 1. The molecule has 0 amide bonds. The number of benzene rings is 2. The van der Waals surface area contributed by atoms with Gasteiger partial charge in [0.25, 0.3) is 0 Å². The normalized spacial score (nSPS) is 11.1. The Morgan fingerprint density at radius 2 is 1.83 bits per heavy atom. The molecule has 0 bridgehead atoms. The predicted molar refractivity (Wildman–Crippen MR) is 96.1 cm³/mol. The molecule has 2 heteroatoms. The second kappa shape index (κ2) is 8.80. The highest BCUT2D eigenvalue weighted by molar-refractivity contribution is 5.90. The predicted octanol–water partition coefficient (Wildman–Crippen LogP) is 5.49. The van der Waals surface area contributed by atoms with E-state index in [2.05, 4.69) is 31.2 Å². The fraction of sp³-hybridized carbons (Fsp3) is 0.286. The lowest BCUT2D eigenvalue weighted by Gasteiger charge is -2.07. The zero-order valence-corrected chi connectivity index (χ0v) is 13.9. The SMILES string of the molecule is CCCCCc1ccccc1/C=C(\C#N)c1ccc(OC)cc1. The molecule has 0 aromatic heterocycles. The largest absolute Gasteiger partial charge is 0.497 e. The minimum atomic E-state index is 0.676. The summed E-state index contributed by atoms with van der Waals surface area (Å²) in [5.41, 5.74) is 4.03. The average Bonchev–Trinajstić information content (AvgIpc) is 2.61. The van der Waals surface area contributed by atoms with E-state index in [-0.39, 0.29) is 0 Å². The highest BCUT2D eigenvalue weighted by atomic mass is 16.5. The zero-order chi connectivity index (χ0) is 16.5. The number of ether oxygens (including phenoxy) is 1. The van der Waals surface area contributed by atoms with Crippen LogP contribution in [0.4, 0.5) is 0 Å². The maximum atomic E-state index is 9.52. The second-order valence-corrected chi connectivity index (χ2v) is 5.55. The Hall–Kier alpha value is -2.53. The van der Waals surface area contributed by atoms with Crippen molar-refractivity contribution < 1.29 is 4.74 Å². The van der Waals surface area contributed by atoms with Gasteiger partial charge in [0.05, 0.1) is 18.8 Å². The Labute approximate surface area is 139 Å². The van der Waals surface area contributed by atoms with Crippen LogP contribution in [0.5, 0.6) is 5.75 Å². The summed E-state index contributed by atoms with van der Waals surface area (Å²) in [5.74, 6) is 0.797. The lowest BCUT2D eigenvalue weighted by atomic mass is 9.97. The third-order valence-corrected chi connectivity index (χ3v) is 3.93. The minimum absolute atomic E-state index is 0.676. The van der Waals surface area contributed by atoms with E-state index in [4.69, 9.17) is 4.74 Å². The smallest absolute Gasteiger partial charge is 0.118 e. The van der Waals surface area contributed by atoms with Crippen molar-refractivity contribution in [3.05, 3.63) is 65.2 Å². The van der Waals surface area contributed by atoms with Crippen LogP contribution in [-0.4, -0.2) is 7.11 Å². The standard InChI is InChI=1S/C21H23NO/c1-3-4-5-8-17-9-6-7-10-19(17)15-20(16-22)18-11-13-21(23-2)14-12-18/h6-7,9-15H,3-5,8H2,1-2H3/b20-15+. The number of hydrogen-bond acceptors (Lipinski definition) is 2. The van der Waals surface area contributed by atoms with Gasteiger partial charge in [0.15, 0.2) is 0 Å². The molecule has 0 spiro atoms. The van der Waals surface area contributed by atoms with Crippen molar-refractivity contribution in [1.29, 1.82) is 5.26 Å². The number of allylic oxidation sites excluding steroid dienone is 1. The molecule has 0 fully saturated rings. The van der Waals surface area contributed by atoms with Gasteiger partial charge in [-0.15, -0.1) is 0 Å². The molecule has 0 heterocycles. The molecule has 0 aliphatic heterocycles. The highest BCUT2D eigenvalue weighted by Gasteiger charge is 2.05. The summed E-state index contributed by atoms with van der Waals surface area (Å²) in [6.07, 6.45) is 6.69. The topological polar surface area (TPSA) is 33.0 Å². The summed E-state index contributed by atoms with van der Waals surface area (Å²) >= 11 is 0. The van der Waals surface area contributed by atoms with E-state index in [0.29, 0.717) is 5.57 Å². The van der Waals surface area contributed by atoms with Crippen LogP contribution < -0.4 is 4.74 Å². The molecule has 23 heavy (non-hydrogen) atoms. The Balaban J connectivity index is 2.28. The molecule has 0 saturated carbocycles. The molecule has 0 atom stereocenters. The quantitative estimate of drug-likeness (QED) is 0.385. The summed E-state index contributed by atoms with van der Waals surface area (Å²) in [5, 5.41) is 9.52. The molecular weight excluding hydrogens is 282 g/mol. The van der Waals surface area contributed by atoms with Gasteiger partial charge in [-0.1, -0.05) is 44.0 Å². The first-order valence-electron chi connectivity index (χ1n) is 8.12. The van der Waals surface area contributed by atoms with Gasteiger partial charge >= 0.3 is 0 Å². The van der Waals surface area contributed by atoms with Crippen LogP contribution in [0.25, 0.3) is 11.6 Å². The van der Waals surface area contributed by atoms with Crippen LogP contribution in [-0.2, 0) is 6.42 Å². The maximum Gasteiger partial charge on any atom is 0.118 e. The molecule has 0 aliphatic rings. The lowest BCUT2D eigenvalue weighted by molar-refractivity contribution is 0.415. The minimum Gasteiger partial charge on any atom is -0.497 e. The summed E-state index contributed by atoms with van der Waals surface area (Å²) in [6, 6.07) is 18.3. The third-order valence-electron chi connectivity index (χ3n) is 3.93. The van der Waals surface area contributed by atoms with Crippen LogP contribution in [0, 0.1) is 11.3 Å². The summed E-state index contributed by atoms with van der Waals surface area (Å²) in [4.78, 5) is 0. The monoisotopic (exact) mass is 305 g/mol. The first-order valence-corrected chi connectivity index (χ1v) is 8.12. The second-order valence-electron chi connectivity index (χ2n) is 5.55. The van der Waals surface area contributed by atoms with Crippen molar-refractivity contribution in [3.8, 4) is 11.8 Å². The van der Waals surface area contributed by atoms with Crippen molar-refractivity contribution in [2.24, 2.45) is 0 Å². The van der Waals surface area contributed by atoms with Crippen LogP contribution in [0.2, 0.25) is 0 Å². The number of methoxy groups -OCH3 is 1. The molecular formula is C21H23NO. The summed E-state index contributed by atoms with van der Waals surface area (Å²) in [7, 11) is 1.64. The van der Waals surface area contributed by atoms with E-state index in [9.17, 15) is 5.26 Å². The first-order chi connectivity index (χ1) is 11.3. The van der Waals surface area contributed by atoms with Gasteiger partial charge in [-0.05, 0) is 59.9 Å². The summed E-state index contributed by atoms with van der Waals surface area (Å²) < 4.78 is 5.17. The number of nitrogens with zero attached hydrogens (tertiary/aromatic N) is 1. The van der Waals surface area contributed by atoms with Crippen molar-refractivity contribution in [2.75, 3.05) is 7.11 Å². The van der Waals surface area contributed by atoms with E-state index in [1.54, 1.807) is 7.11 Å². The van der Waals surface area contributed by atoms with Crippen LogP contribution in [0.3, 0.4) is 0 Å². The van der Waals surface area contributed by atoms with Gasteiger partial charge in [-0.2, -0.15) is 5.26 Å². The average molecular weight is 305 g/mol. The fourth-order valence-electron chi connectivity index (χ4n) is 2.57. The van der Waals surface area contributed by atoms with Gasteiger partial charge < -0.3 is 4.74 Å². The summed E-state index contributed by atoms with van der Waals surface area (Å²) in [6.45, 7) is 2.21. The van der Waals surface area contributed by atoms with Crippen molar-refractivity contribution in [1.82, 2.24) is 0 Å². The first kappa shape index (κ1) is 16.8. The molecule has 0 aliphatic carbocycles. The Kier molecular flexibility index (Phi) is 6.44. The highest BCUT2D eigenvalue weighted by Crippen LogP contribution is 2.23. The number of aryl methyl sites for hydroxylation is 1. The van der Waals surface area contributed by atoms with E-state index in [0.717, 1.165) is 23.3 Å². The Bertz CT molecular complexity index is 693. The molecule has 0 radical (unpaired) electrons. The van der Waals surface area contributed by atoms with E-state index < -0.39 is 0 Å². The van der Waals surface area contributed by atoms with E-state index >= 15 is 0 Å². The van der Waals surface area contributed by atoms with Crippen molar-refractivity contribution in [3.63, 3.8) is 0 Å².